The van der Waals surface area contributed by atoms with Crippen LogP contribution in [0.3, 0.4) is 0 Å². The average Bonchev–Trinajstić information content (AvgIpc) is 3.49. The molecule has 2 aromatic heterocycles. The van der Waals surface area contributed by atoms with E-state index in [-0.39, 0.29) is 12.5 Å². The normalized spacial score (nSPS) is 10.9. The maximum absolute atomic E-state index is 12.1. The van der Waals surface area contributed by atoms with Crippen LogP contribution in [-0.4, -0.2) is 35.6 Å². The number of carbonyl (C=O) groups is 1. The summed E-state index contributed by atoms with van der Waals surface area (Å²) in [6.45, 7) is -0.148. The molecule has 2 aromatic carbocycles. The Hall–Kier alpha value is -3.91. The highest BCUT2D eigenvalue weighted by Crippen LogP contribution is 2.26. The molecule has 4 rings (SSSR count). The molecule has 0 aliphatic rings. The van der Waals surface area contributed by atoms with Crippen LogP contribution in [0.15, 0.2) is 83.4 Å². The van der Waals surface area contributed by atoms with Gasteiger partial charge in [0.2, 0.25) is 0 Å². The molecule has 0 unspecified atom stereocenters. The van der Waals surface area contributed by atoms with Gasteiger partial charge in [-0.15, -0.1) is 11.3 Å². The monoisotopic (exact) mass is 432 g/mol. The number of hydrogen-bond donors (Lipinski definition) is 1. The molecule has 0 bridgehead atoms. The van der Waals surface area contributed by atoms with Crippen LogP contribution in [0.25, 0.3) is 16.3 Å². The molecule has 1 N–H and O–H groups in total. The van der Waals surface area contributed by atoms with Crippen molar-refractivity contribution >= 4 is 23.5 Å². The van der Waals surface area contributed by atoms with Gasteiger partial charge in [0, 0.05) is 11.8 Å². The van der Waals surface area contributed by atoms with Crippen LogP contribution in [0.4, 0.5) is 0 Å². The Labute approximate surface area is 183 Å². The predicted molar refractivity (Wildman–Crippen MR) is 121 cm³/mol. The summed E-state index contributed by atoms with van der Waals surface area (Å²) >= 11 is 1.59. The second-order valence-electron chi connectivity index (χ2n) is 6.45. The number of rotatable bonds is 8. The van der Waals surface area contributed by atoms with Crippen LogP contribution >= 0.6 is 11.3 Å². The number of ether oxygens (including phenoxy) is 2. The predicted octanol–water partition coefficient (Wildman–Crippen LogP) is 4.14. The molecule has 0 radical (unpaired) electrons. The summed E-state index contributed by atoms with van der Waals surface area (Å²) in [4.78, 5) is 13.1. The molecule has 8 heteroatoms. The first-order valence-corrected chi connectivity index (χ1v) is 10.4. The van der Waals surface area contributed by atoms with Gasteiger partial charge in [0.15, 0.2) is 6.61 Å². The van der Waals surface area contributed by atoms with Crippen LogP contribution in [0.5, 0.6) is 11.5 Å². The van der Waals surface area contributed by atoms with Crippen LogP contribution < -0.4 is 14.9 Å². The van der Waals surface area contributed by atoms with Crippen LogP contribution in [-0.2, 0) is 4.79 Å². The highest BCUT2D eigenvalue weighted by Gasteiger charge is 2.12. The van der Waals surface area contributed by atoms with Crippen LogP contribution in [0.1, 0.15) is 5.56 Å². The molecule has 0 aliphatic heterocycles. The zero-order chi connectivity index (χ0) is 21.5. The van der Waals surface area contributed by atoms with Gasteiger partial charge in [-0.05, 0) is 47.8 Å². The van der Waals surface area contributed by atoms with Crippen molar-refractivity contribution in [2.24, 2.45) is 5.10 Å². The number of carbonyl (C=O) groups excluding carboxylic acids is 1. The summed E-state index contributed by atoms with van der Waals surface area (Å²) in [5.74, 6) is 0.934. The summed E-state index contributed by atoms with van der Waals surface area (Å²) in [7, 11) is 1.59. The Bertz CT molecular complexity index is 1150. The lowest BCUT2D eigenvalue weighted by Crippen LogP contribution is -2.24. The van der Waals surface area contributed by atoms with Gasteiger partial charge in [-0.25, -0.2) is 10.1 Å². The zero-order valence-electron chi connectivity index (χ0n) is 16.8. The number of amides is 1. The van der Waals surface area contributed by atoms with E-state index in [1.54, 1.807) is 53.6 Å². The lowest BCUT2D eigenvalue weighted by molar-refractivity contribution is -0.123. The molecule has 0 aliphatic carbocycles. The summed E-state index contributed by atoms with van der Waals surface area (Å²) in [6, 6.07) is 20.8. The largest absolute Gasteiger partial charge is 0.497 e. The molecular weight excluding hydrogens is 412 g/mol. The van der Waals surface area contributed by atoms with Gasteiger partial charge in [-0.2, -0.15) is 10.2 Å². The molecule has 31 heavy (non-hydrogen) atoms. The van der Waals surface area contributed by atoms with Gasteiger partial charge in [0.25, 0.3) is 5.91 Å². The topological polar surface area (TPSA) is 77.7 Å². The molecule has 0 fully saturated rings. The summed E-state index contributed by atoms with van der Waals surface area (Å²) in [6.07, 6.45) is 3.47. The van der Waals surface area contributed by atoms with E-state index >= 15 is 0 Å². The first-order chi connectivity index (χ1) is 15.2. The van der Waals surface area contributed by atoms with Gasteiger partial charge in [-0.3, -0.25) is 4.79 Å². The number of hydrogen-bond acceptors (Lipinski definition) is 6. The zero-order valence-corrected chi connectivity index (χ0v) is 17.6. The second kappa shape index (κ2) is 9.73. The Balaban J connectivity index is 1.42. The minimum Gasteiger partial charge on any atom is -0.497 e. The van der Waals surface area contributed by atoms with Crippen molar-refractivity contribution in [1.82, 2.24) is 15.2 Å². The molecule has 1 amide bonds. The molecule has 0 atom stereocenters. The van der Waals surface area contributed by atoms with Crippen LogP contribution in [0, 0.1) is 0 Å². The SMILES string of the molecule is COc1ccc(OCC(=O)NN=Cc2cn(-c3ccccc3)nc2-c2cccs2)cc1. The van der Waals surface area contributed by atoms with Crippen molar-refractivity contribution < 1.29 is 14.3 Å². The molecular formula is C23H20N4O3S. The van der Waals surface area contributed by atoms with Gasteiger partial charge in [-0.1, -0.05) is 24.3 Å². The Morgan fingerprint density at radius 3 is 2.58 bits per heavy atom. The maximum atomic E-state index is 12.1. The first kappa shape index (κ1) is 20.4. The summed E-state index contributed by atoms with van der Waals surface area (Å²) < 4.78 is 12.4. The van der Waals surface area contributed by atoms with Crippen LogP contribution in [0.2, 0.25) is 0 Å². The van der Waals surface area contributed by atoms with Crippen molar-refractivity contribution in [2.75, 3.05) is 13.7 Å². The van der Waals surface area contributed by atoms with Gasteiger partial charge >= 0.3 is 0 Å². The highest BCUT2D eigenvalue weighted by molar-refractivity contribution is 7.13. The van der Waals surface area contributed by atoms with Crippen molar-refractivity contribution in [2.45, 2.75) is 0 Å². The number of nitrogens with one attached hydrogen (secondary N) is 1. The van der Waals surface area contributed by atoms with Gasteiger partial charge < -0.3 is 9.47 Å². The van der Waals surface area contributed by atoms with Crippen molar-refractivity contribution in [3.63, 3.8) is 0 Å². The molecule has 0 saturated heterocycles. The summed E-state index contributed by atoms with van der Waals surface area (Å²) in [5, 5.41) is 10.8. The van der Waals surface area contributed by atoms with E-state index in [4.69, 9.17) is 14.6 Å². The fourth-order valence-electron chi connectivity index (χ4n) is 2.83. The third kappa shape index (κ3) is 5.18. The van der Waals surface area contributed by atoms with Crippen molar-refractivity contribution in [1.29, 1.82) is 0 Å². The number of benzene rings is 2. The fraction of sp³-hybridized carbons (Fsp3) is 0.0870. The van der Waals surface area contributed by atoms with E-state index in [1.165, 1.54) is 0 Å². The molecule has 0 saturated carbocycles. The lowest BCUT2D eigenvalue weighted by Gasteiger charge is -2.05. The third-order valence-corrected chi connectivity index (χ3v) is 5.22. The van der Waals surface area contributed by atoms with Crippen molar-refractivity contribution in [3.8, 4) is 27.8 Å². The number of para-hydroxylation sites is 1. The average molecular weight is 433 g/mol. The molecule has 2 heterocycles. The number of methoxy groups -OCH3 is 1. The number of hydrazone groups is 1. The summed E-state index contributed by atoms with van der Waals surface area (Å²) in [5.41, 5.74) is 5.03. The lowest BCUT2D eigenvalue weighted by atomic mass is 10.2. The fourth-order valence-corrected chi connectivity index (χ4v) is 3.56. The first-order valence-electron chi connectivity index (χ1n) is 9.50. The van der Waals surface area contributed by atoms with E-state index in [2.05, 4.69) is 10.5 Å². The minimum absolute atomic E-state index is 0.148. The smallest absolute Gasteiger partial charge is 0.277 e. The van der Waals surface area contributed by atoms with Crippen molar-refractivity contribution in [3.05, 3.63) is 83.9 Å². The standard InChI is InChI=1S/C23H20N4O3S/c1-29-19-9-11-20(12-10-19)30-16-22(28)25-24-14-17-15-27(18-6-3-2-4-7-18)26-23(17)21-8-5-13-31-21/h2-15H,16H2,1H3,(H,25,28). The van der Waals surface area contributed by atoms with E-state index < -0.39 is 0 Å². The molecule has 4 aromatic rings. The Kier molecular flexibility index (Phi) is 6.39. The highest BCUT2D eigenvalue weighted by atomic mass is 32.1. The van der Waals surface area contributed by atoms with E-state index in [0.29, 0.717) is 5.75 Å². The van der Waals surface area contributed by atoms with E-state index in [1.807, 2.05) is 54.0 Å². The van der Waals surface area contributed by atoms with Gasteiger partial charge in [0.1, 0.15) is 17.2 Å². The molecule has 156 valence electrons. The second-order valence-corrected chi connectivity index (χ2v) is 7.40. The van der Waals surface area contributed by atoms with E-state index in [9.17, 15) is 4.79 Å². The van der Waals surface area contributed by atoms with E-state index in [0.717, 1.165) is 27.6 Å². The Morgan fingerprint density at radius 1 is 1.10 bits per heavy atom. The van der Waals surface area contributed by atoms with Gasteiger partial charge in [0.05, 0.1) is 23.9 Å². The number of nitrogens with zero attached hydrogens (tertiary/aromatic N) is 3. The Morgan fingerprint density at radius 2 is 1.87 bits per heavy atom. The molecule has 0 spiro atoms. The third-order valence-electron chi connectivity index (χ3n) is 4.34. The molecule has 7 nitrogen and oxygen atoms in total. The maximum Gasteiger partial charge on any atom is 0.277 e. The number of thiophene rings is 1. The minimum atomic E-state index is -0.361. The quantitative estimate of drug-likeness (QED) is 0.335. The number of aromatic nitrogens is 2.